The van der Waals surface area contributed by atoms with Crippen molar-refractivity contribution in [3.05, 3.63) is 23.8 Å². The maximum atomic E-state index is 2.44. The molecule has 0 amide bonds. The number of fused-ring (bicyclic) bond motifs is 1. The Hall–Kier alpha value is -0.520. The third-order valence-electron chi connectivity index (χ3n) is 4.94. The molecule has 0 aromatic rings. The van der Waals surface area contributed by atoms with Gasteiger partial charge in [-0.15, -0.1) is 0 Å². The van der Waals surface area contributed by atoms with Gasteiger partial charge in [0.05, 0.1) is 0 Å². The second-order valence-corrected chi connectivity index (χ2v) is 5.97. The van der Waals surface area contributed by atoms with Crippen LogP contribution in [0.4, 0.5) is 0 Å². The van der Waals surface area contributed by atoms with E-state index in [2.05, 4.69) is 32.1 Å². The molecule has 3 rings (SSSR count). The summed E-state index contributed by atoms with van der Waals surface area (Å²) in [5.74, 6) is 4.70. The van der Waals surface area contributed by atoms with Gasteiger partial charge in [-0.2, -0.15) is 0 Å². The molecule has 0 heteroatoms. The van der Waals surface area contributed by atoms with Crippen molar-refractivity contribution in [2.24, 2.45) is 29.6 Å². The minimum atomic E-state index is 0.907. The van der Waals surface area contributed by atoms with Crippen LogP contribution in [0.3, 0.4) is 0 Å². The number of allylic oxidation sites excluding steroid dienone is 4. The van der Waals surface area contributed by atoms with Gasteiger partial charge in [-0.25, -0.2) is 0 Å². The minimum absolute atomic E-state index is 0.907. The van der Waals surface area contributed by atoms with Gasteiger partial charge >= 0.3 is 0 Å². The zero-order chi connectivity index (χ0) is 10.4. The number of rotatable bonds is 1. The molecule has 3 aliphatic carbocycles. The molecule has 0 aliphatic heterocycles. The van der Waals surface area contributed by atoms with Gasteiger partial charge in [0, 0.05) is 0 Å². The van der Waals surface area contributed by atoms with Crippen molar-refractivity contribution in [2.45, 2.75) is 39.5 Å². The van der Waals surface area contributed by atoms with Gasteiger partial charge in [0.1, 0.15) is 0 Å². The van der Waals surface area contributed by atoms with Crippen molar-refractivity contribution in [3.8, 4) is 0 Å². The van der Waals surface area contributed by atoms with Crippen LogP contribution in [0, 0.1) is 29.6 Å². The van der Waals surface area contributed by atoms with Gasteiger partial charge in [-0.3, -0.25) is 0 Å². The Morgan fingerprint density at radius 1 is 1.07 bits per heavy atom. The van der Waals surface area contributed by atoms with Gasteiger partial charge in [0.2, 0.25) is 0 Å². The Balaban J connectivity index is 1.72. The van der Waals surface area contributed by atoms with Crippen LogP contribution in [0.2, 0.25) is 0 Å². The summed E-state index contributed by atoms with van der Waals surface area (Å²) < 4.78 is 0. The quantitative estimate of drug-likeness (QED) is 0.598. The van der Waals surface area contributed by atoms with E-state index in [4.69, 9.17) is 0 Å². The lowest BCUT2D eigenvalue weighted by Gasteiger charge is -2.29. The first-order valence-corrected chi connectivity index (χ1v) is 6.65. The van der Waals surface area contributed by atoms with E-state index in [1.54, 1.807) is 0 Å². The Bertz CT molecular complexity index is 302. The van der Waals surface area contributed by atoms with Crippen LogP contribution in [0.25, 0.3) is 0 Å². The highest BCUT2D eigenvalue weighted by Crippen LogP contribution is 2.56. The lowest BCUT2D eigenvalue weighted by molar-refractivity contribution is 0.312. The Labute approximate surface area is 93.5 Å². The third-order valence-corrected chi connectivity index (χ3v) is 4.94. The molecule has 0 aromatic heterocycles. The van der Waals surface area contributed by atoms with Gasteiger partial charge in [0.15, 0.2) is 0 Å². The number of hydrogen-bond donors (Lipinski definition) is 0. The molecule has 15 heavy (non-hydrogen) atoms. The molecule has 0 heterocycles. The molecule has 2 saturated carbocycles. The van der Waals surface area contributed by atoms with Crippen molar-refractivity contribution in [1.82, 2.24) is 0 Å². The normalized spacial score (nSPS) is 48.4. The zero-order valence-electron chi connectivity index (χ0n) is 9.95. The van der Waals surface area contributed by atoms with E-state index in [1.165, 1.54) is 25.7 Å². The number of hydrogen-bond acceptors (Lipinski definition) is 0. The van der Waals surface area contributed by atoms with E-state index in [0.717, 1.165) is 29.6 Å². The average Bonchev–Trinajstić information content (AvgIpc) is 2.92. The van der Waals surface area contributed by atoms with Crippen LogP contribution in [0.1, 0.15) is 39.5 Å². The summed E-state index contributed by atoms with van der Waals surface area (Å²) >= 11 is 0. The van der Waals surface area contributed by atoms with E-state index >= 15 is 0 Å². The molecule has 3 unspecified atom stereocenters. The molecular formula is C15H22. The monoisotopic (exact) mass is 202 g/mol. The molecule has 82 valence electrons. The largest absolute Gasteiger partial charge is 0.0805 e. The summed E-state index contributed by atoms with van der Waals surface area (Å²) in [6.07, 6.45) is 13.0. The van der Waals surface area contributed by atoms with Crippen LogP contribution < -0.4 is 0 Å². The van der Waals surface area contributed by atoms with Crippen LogP contribution >= 0.6 is 0 Å². The SMILES string of the molecule is CC1CCC(C2=CC=CC3C(C)C23)CC1. The first-order valence-electron chi connectivity index (χ1n) is 6.65. The van der Waals surface area contributed by atoms with E-state index in [-0.39, 0.29) is 0 Å². The van der Waals surface area contributed by atoms with Crippen LogP contribution in [-0.2, 0) is 0 Å². The molecular weight excluding hydrogens is 180 g/mol. The Morgan fingerprint density at radius 3 is 2.53 bits per heavy atom. The van der Waals surface area contributed by atoms with Crippen LogP contribution in [0.15, 0.2) is 23.8 Å². The molecule has 3 atom stereocenters. The van der Waals surface area contributed by atoms with Gasteiger partial charge in [-0.05, 0) is 42.4 Å². The molecule has 0 radical (unpaired) electrons. The highest BCUT2D eigenvalue weighted by atomic mass is 14.5. The average molecular weight is 202 g/mol. The summed E-state index contributed by atoms with van der Waals surface area (Å²) in [5.41, 5.74) is 1.81. The fraction of sp³-hybridized carbons (Fsp3) is 0.733. The van der Waals surface area contributed by atoms with Crippen molar-refractivity contribution in [3.63, 3.8) is 0 Å². The van der Waals surface area contributed by atoms with Gasteiger partial charge < -0.3 is 0 Å². The van der Waals surface area contributed by atoms with Gasteiger partial charge in [-0.1, -0.05) is 50.5 Å². The lowest BCUT2D eigenvalue weighted by Crippen LogP contribution is -2.16. The molecule has 3 aliphatic rings. The maximum Gasteiger partial charge on any atom is -0.00999 e. The van der Waals surface area contributed by atoms with E-state index in [9.17, 15) is 0 Å². The molecule has 2 fully saturated rings. The molecule has 0 saturated heterocycles. The predicted octanol–water partition coefficient (Wildman–Crippen LogP) is 4.19. The summed E-state index contributed by atoms with van der Waals surface area (Å²) in [4.78, 5) is 0. The third kappa shape index (κ3) is 1.58. The molecule has 0 N–H and O–H groups in total. The van der Waals surface area contributed by atoms with Crippen molar-refractivity contribution in [2.75, 3.05) is 0 Å². The highest BCUT2D eigenvalue weighted by Gasteiger charge is 2.49. The summed E-state index contributed by atoms with van der Waals surface area (Å²) in [5, 5.41) is 0. The Morgan fingerprint density at radius 2 is 1.80 bits per heavy atom. The van der Waals surface area contributed by atoms with Gasteiger partial charge in [0.25, 0.3) is 0 Å². The van der Waals surface area contributed by atoms with Crippen LogP contribution in [0.5, 0.6) is 0 Å². The first-order chi connectivity index (χ1) is 7.27. The standard InChI is InChI=1S/C15H22/c1-10-6-8-12(9-7-10)14-5-3-4-13-11(2)15(13)14/h3-5,10-13,15H,6-9H2,1-2H3. The second kappa shape index (κ2) is 3.50. The van der Waals surface area contributed by atoms with Crippen molar-refractivity contribution < 1.29 is 0 Å². The topological polar surface area (TPSA) is 0 Å². The smallest absolute Gasteiger partial charge is 0.00999 e. The molecule has 0 aromatic carbocycles. The van der Waals surface area contributed by atoms with E-state index < -0.39 is 0 Å². The molecule has 0 nitrogen and oxygen atoms in total. The predicted molar refractivity (Wildman–Crippen MR) is 64.5 cm³/mol. The summed E-state index contributed by atoms with van der Waals surface area (Å²) in [7, 11) is 0. The summed E-state index contributed by atoms with van der Waals surface area (Å²) in [6, 6.07) is 0. The first kappa shape index (κ1) is 9.69. The van der Waals surface area contributed by atoms with E-state index in [1.807, 2.05) is 5.57 Å². The Kier molecular flexibility index (Phi) is 2.26. The molecule has 0 spiro atoms. The fourth-order valence-corrected chi connectivity index (χ4v) is 3.72. The van der Waals surface area contributed by atoms with E-state index in [0.29, 0.717) is 0 Å². The second-order valence-electron chi connectivity index (χ2n) is 5.97. The van der Waals surface area contributed by atoms with Crippen molar-refractivity contribution >= 4 is 0 Å². The fourth-order valence-electron chi connectivity index (χ4n) is 3.72. The van der Waals surface area contributed by atoms with Crippen LogP contribution in [-0.4, -0.2) is 0 Å². The zero-order valence-corrected chi connectivity index (χ0v) is 9.95. The molecule has 0 bridgehead atoms. The van der Waals surface area contributed by atoms with Crippen molar-refractivity contribution in [1.29, 1.82) is 0 Å². The highest BCUT2D eigenvalue weighted by molar-refractivity contribution is 5.33. The minimum Gasteiger partial charge on any atom is -0.0805 e. The maximum absolute atomic E-state index is 2.44. The summed E-state index contributed by atoms with van der Waals surface area (Å²) in [6.45, 7) is 4.83. The lowest BCUT2D eigenvalue weighted by atomic mass is 9.76.